The number of hydrogen-bond donors (Lipinski definition) is 1. The van der Waals surface area contributed by atoms with Crippen molar-refractivity contribution in [3.8, 4) is 0 Å². The Morgan fingerprint density at radius 2 is 1.77 bits per heavy atom. The summed E-state index contributed by atoms with van der Waals surface area (Å²) in [6, 6.07) is 13.8. The summed E-state index contributed by atoms with van der Waals surface area (Å²) in [5.41, 5.74) is 0.226. The fraction of sp³-hybridized carbons (Fsp3) is 0.188. The van der Waals surface area contributed by atoms with Crippen molar-refractivity contribution in [3.63, 3.8) is 0 Å². The van der Waals surface area contributed by atoms with Crippen LogP contribution in [0.2, 0.25) is 0 Å². The maximum Gasteiger partial charge on any atom is 0.416 e. The van der Waals surface area contributed by atoms with E-state index in [-0.39, 0.29) is 18.1 Å². The van der Waals surface area contributed by atoms with E-state index in [0.717, 1.165) is 17.8 Å². The van der Waals surface area contributed by atoms with Crippen LogP contribution in [0.5, 0.6) is 0 Å². The van der Waals surface area contributed by atoms with Crippen molar-refractivity contribution in [2.75, 3.05) is 23.8 Å². The summed E-state index contributed by atoms with van der Waals surface area (Å²) in [6.45, 7) is -0.0906. The molecule has 6 heteroatoms. The maximum absolute atomic E-state index is 12.6. The summed E-state index contributed by atoms with van der Waals surface area (Å²) in [5.74, 6) is -0.247. The zero-order valence-electron chi connectivity index (χ0n) is 11.9. The lowest BCUT2D eigenvalue weighted by atomic mass is 10.2. The Morgan fingerprint density at radius 3 is 2.41 bits per heavy atom. The number of likely N-dealkylation sites (N-methyl/N-ethyl adjacent to an activating group) is 1. The van der Waals surface area contributed by atoms with Gasteiger partial charge in [-0.05, 0) is 30.3 Å². The zero-order chi connectivity index (χ0) is 16.2. The van der Waals surface area contributed by atoms with E-state index in [9.17, 15) is 18.0 Å². The SMILES string of the molecule is CN(C(=O)CNc1cccc(C(F)(F)F)c1)c1ccccc1. The second kappa shape index (κ2) is 6.51. The molecule has 0 aromatic heterocycles. The van der Waals surface area contributed by atoms with Crippen LogP contribution < -0.4 is 10.2 Å². The lowest BCUT2D eigenvalue weighted by Crippen LogP contribution is -2.32. The van der Waals surface area contributed by atoms with Gasteiger partial charge in [0.05, 0.1) is 12.1 Å². The van der Waals surface area contributed by atoms with Gasteiger partial charge in [-0.1, -0.05) is 24.3 Å². The Balaban J connectivity index is 2.00. The van der Waals surface area contributed by atoms with Crippen LogP contribution in [0.3, 0.4) is 0 Å². The second-order valence-electron chi connectivity index (χ2n) is 4.72. The number of rotatable bonds is 4. The molecule has 1 N–H and O–H groups in total. The summed E-state index contributed by atoms with van der Waals surface area (Å²) >= 11 is 0. The monoisotopic (exact) mass is 308 g/mol. The summed E-state index contributed by atoms with van der Waals surface area (Å²) in [7, 11) is 1.62. The molecule has 2 aromatic carbocycles. The fourth-order valence-electron chi connectivity index (χ4n) is 1.90. The lowest BCUT2D eigenvalue weighted by molar-refractivity contribution is -0.137. The number of nitrogens with one attached hydrogen (secondary N) is 1. The van der Waals surface area contributed by atoms with Crippen LogP contribution in [0.1, 0.15) is 5.56 Å². The number of carbonyl (C=O) groups excluding carboxylic acids is 1. The summed E-state index contributed by atoms with van der Waals surface area (Å²) in [4.78, 5) is 13.5. The first-order valence-electron chi connectivity index (χ1n) is 6.60. The van der Waals surface area contributed by atoms with E-state index in [0.29, 0.717) is 0 Å². The van der Waals surface area contributed by atoms with Crippen LogP contribution in [0.25, 0.3) is 0 Å². The van der Waals surface area contributed by atoms with Gasteiger partial charge >= 0.3 is 6.18 Å². The highest BCUT2D eigenvalue weighted by atomic mass is 19.4. The zero-order valence-corrected chi connectivity index (χ0v) is 11.9. The summed E-state index contributed by atoms with van der Waals surface area (Å²) < 4.78 is 37.8. The van der Waals surface area contributed by atoms with Gasteiger partial charge in [0.15, 0.2) is 0 Å². The molecule has 2 aromatic rings. The third kappa shape index (κ3) is 4.00. The molecule has 0 aliphatic carbocycles. The predicted molar refractivity (Wildman–Crippen MR) is 79.8 cm³/mol. The lowest BCUT2D eigenvalue weighted by Gasteiger charge is -2.18. The standard InChI is InChI=1S/C16H15F3N2O/c1-21(14-8-3-2-4-9-14)15(22)11-20-13-7-5-6-12(10-13)16(17,18)19/h2-10,20H,11H2,1H3. The third-order valence-corrected chi connectivity index (χ3v) is 3.15. The highest BCUT2D eigenvalue weighted by Crippen LogP contribution is 2.30. The molecule has 0 aliphatic heterocycles. The van der Waals surface area contributed by atoms with Crippen molar-refractivity contribution in [1.82, 2.24) is 0 Å². The minimum Gasteiger partial charge on any atom is -0.376 e. The van der Waals surface area contributed by atoms with Crippen molar-refractivity contribution in [2.45, 2.75) is 6.18 Å². The summed E-state index contributed by atoms with van der Waals surface area (Å²) in [6.07, 6.45) is -4.40. The molecule has 0 aliphatic rings. The van der Waals surface area contributed by atoms with Crippen LogP contribution in [0.4, 0.5) is 24.5 Å². The molecule has 0 bridgehead atoms. The molecule has 22 heavy (non-hydrogen) atoms. The number of nitrogens with zero attached hydrogens (tertiary/aromatic N) is 1. The Kier molecular flexibility index (Phi) is 4.70. The van der Waals surface area contributed by atoms with Gasteiger partial charge in [0.2, 0.25) is 5.91 Å². The molecule has 0 radical (unpaired) electrons. The first-order chi connectivity index (χ1) is 10.4. The van der Waals surface area contributed by atoms with E-state index in [4.69, 9.17) is 0 Å². The van der Waals surface area contributed by atoms with Gasteiger partial charge in [0, 0.05) is 18.4 Å². The van der Waals surface area contributed by atoms with E-state index in [2.05, 4.69) is 5.32 Å². The highest BCUT2D eigenvalue weighted by molar-refractivity contribution is 5.95. The topological polar surface area (TPSA) is 32.3 Å². The molecule has 0 fully saturated rings. The van der Waals surface area contributed by atoms with E-state index < -0.39 is 11.7 Å². The molecule has 0 saturated heterocycles. The first-order valence-corrected chi connectivity index (χ1v) is 6.60. The minimum absolute atomic E-state index is 0.0906. The number of alkyl halides is 3. The molecule has 1 amide bonds. The number of hydrogen-bond acceptors (Lipinski definition) is 2. The molecule has 2 rings (SSSR count). The number of benzene rings is 2. The van der Waals surface area contributed by atoms with E-state index >= 15 is 0 Å². The van der Waals surface area contributed by atoms with Gasteiger partial charge in [-0.25, -0.2) is 0 Å². The molecule has 0 atom stereocenters. The normalized spacial score (nSPS) is 11.1. The molecule has 0 spiro atoms. The van der Waals surface area contributed by atoms with Gasteiger partial charge in [-0.2, -0.15) is 13.2 Å². The molecular weight excluding hydrogens is 293 g/mol. The van der Waals surface area contributed by atoms with Crippen molar-refractivity contribution >= 4 is 17.3 Å². The summed E-state index contributed by atoms with van der Waals surface area (Å²) in [5, 5.41) is 2.72. The molecular formula is C16H15F3N2O. The number of para-hydroxylation sites is 1. The molecule has 116 valence electrons. The average Bonchev–Trinajstić information content (AvgIpc) is 2.52. The van der Waals surface area contributed by atoms with Gasteiger partial charge in [0.25, 0.3) is 0 Å². The maximum atomic E-state index is 12.6. The second-order valence-corrected chi connectivity index (χ2v) is 4.72. The number of halogens is 3. The van der Waals surface area contributed by atoms with E-state index in [1.54, 1.807) is 31.3 Å². The number of carbonyl (C=O) groups is 1. The van der Waals surface area contributed by atoms with Crippen LogP contribution in [-0.4, -0.2) is 19.5 Å². The van der Waals surface area contributed by atoms with Crippen molar-refractivity contribution in [3.05, 3.63) is 60.2 Å². The van der Waals surface area contributed by atoms with Crippen LogP contribution in [0, 0.1) is 0 Å². The van der Waals surface area contributed by atoms with Gasteiger partial charge in [0.1, 0.15) is 0 Å². The fourth-order valence-corrected chi connectivity index (χ4v) is 1.90. The van der Waals surface area contributed by atoms with Crippen molar-refractivity contribution in [2.24, 2.45) is 0 Å². The Hall–Kier alpha value is -2.50. The average molecular weight is 308 g/mol. The van der Waals surface area contributed by atoms with Gasteiger partial charge in [-0.3, -0.25) is 4.79 Å². The van der Waals surface area contributed by atoms with Crippen LogP contribution in [-0.2, 0) is 11.0 Å². The van der Waals surface area contributed by atoms with E-state index in [1.165, 1.54) is 17.0 Å². The predicted octanol–water partition coefficient (Wildman–Crippen LogP) is 3.78. The van der Waals surface area contributed by atoms with Gasteiger partial charge < -0.3 is 10.2 Å². The largest absolute Gasteiger partial charge is 0.416 e. The van der Waals surface area contributed by atoms with Crippen LogP contribution in [0.15, 0.2) is 54.6 Å². The van der Waals surface area contributed by atoms with Crippen molar-refractivity contribution in [1.29, 1.82) is 0 Å². The van der Waals surface area contributed by atoms with Crippen LogP contribution >= 0.6 is 0 Å². The molecule has 3 nitrogen and oxygen atoms in total. The number of anilines is 2. The highest BCUT2D eigenvalue weighted by Gasteiger charge is 2.30. The molecule has 0 saturated carbocycles. The smallest absolute Gasteiger partial charge is 0.376 e. The van der Waals surface area contributed by atoms with Gasteiger partial charge in [-0.15, -0.1) is 0 Å². The molecule has 0 heterocycles. The Labute approximate surface area is 126 Å². The molecule has 0 unspecified atom stereocenters. The van der Waals surface area contributed by atoms with E-state index in [1.807, 2.05) is 6.07 Å². The Bertz CT molecular complexity index is 641. The first kappa shape index (κ1) is 15.9. The van der Waals surface area contributed by atoms with Crippen molar-refractivity contribution < 1.29 is 18.0 Å². The Morgan fingerprint density at radius 1 is 1.09 bits per heavy atom. The minimum atomic E-state index is -4.40. The number of amides is 1. The quantitative estimate of drug-likeness (QED) is 0.932. The third-order valence-electron chi connectivity index (χ3n) is 3.15.